The van der Waals surface area contributed by atoms with Crippen LogP contribution in [0, 0.1) is 13.8 Å². The number of nitrogens with zero attached hydrogens (tertiary/aromatic N) is 2. The maximum absolute atomic E-state index is 12.0. The molecule has 20 heavy (non-hydrogen) atoms. The minimum absolute atomic E-state index is 0.00706. The second-order valence-corrected chi connectivity index (χ2v) is 5.86. The van der Waals surface area contributed by atoms with Gasteiger partial charge < -0.3 is 5.32 Å². The highest BCUT2D eigenvalue weighted by Gasteiger charge is 2.12. The van der Waals surface area contributed by atoms with Crippen LogP contribution in [-0.4, -0.2) is 15.7 Å². The fraction of sp³-hybridized carbons (Fsp3) is 0.333. The number of benzene rings is 1. The van der Waals surface area contributed by atoms with Crippen LogP contribution in [0.4, 0.5) is 5.69 Å². The van der Waals surface area contributed by atoms with Crippen LogP contribution in [0.2, 0.25) is 0 Å². The van der Waals surface area contributed by atoms with Crippen molar-refractivity contribution in [3.63, 3.8) is 0 Å². The molecule has 2 aromatic rings. The number of anilines is 1. The van der Waals surface area contributed by atoms with E-state index in [0.717, 1.165) is 21.4 Å². The first-order valence-corrected chi connectivity index (χ1v) is 7.33. The average Bonchev–Trinajstić information content (AvgIpc) is 2.80. The minimum atomic E-state index is -0.00706. The van der Waals surface area contributed by atoms with E-state index in [1.165, 1.54) is 0 Å². The maximum atomic E-state index is 12.0. The summed E-state index contributed by atoms with van der Waals surface area (Å²) in [5.41, 5.74) is 2.87. The third-order valence-electron chi connectivity index (χ3n) is 3.12. The zero-order valence-corrected chi connectivity index (χ0v) is 13.4. The fourth-order valence-electron chi connectivity index (χ4n) is 1.97. The Morgan fingerprint density at radius 3 is 2.75 bits per heavy atom. The number of carbonyl (C=O) groups is 1. The van der Waals surface area contributed by atoms with Crippen molar-refractivity contribution in [1.82, 2.24) is 9.78 Å². The Labute approximate surface area is 127 Å². The molecule has 1 N–H and O–H groups in total. The van der Waals surface area contributed by atoms with Gasteiger partial charge in [-0.05, 0) is 50.6 Å². The molecule has 5 heteroatoms. The molecule has 1 atom stereocenters. The molecule has 0 radical (unpaired) electrons. The highest BCUT2D eigenvalue weighted by atomic mass is 79.9. The van der Waals surface area contributed by atoms with Gasteiger partial charge in [0.1, 0.15) is 0 Å². The van der Waals surface area contributed by atoms with Gasteiger partial charge in [0.2, 0.25) is 5.91 Å². The first-order valence-electron chi connectivity index (χ1n) is 6.53. The van der Waals surface area contributed by atoms with E-state index < -0.39 is 0 Å². The van der Waals surface area contributed by atoms with Crippen LogP contribution in [0.3, 0.4) is 0 Å². The van der Waals surface area contributed by atoms with Crippen molar-refractivity contribution in [3.05, 3.63) is 46.2 Å². The van der Waals surface area contributed by atoms with Crippen molar-refractivity contribution >= 4 is 27.5 Å². The monoisotopic (exact) mass is 335 g/mol. The van der Waals surface area contributed by atoms with E-state index in [2.05, 4.69) is 26.3 Å². The number of halogens is 1. The van der Waals surface area contributed by atoms with E-state index >= 15 is 0 Å². The van der Waals surface area contributed by atoms with E-state index in [-0.39, 0.29) is 11.9 Å². The number of amides is 1. The van der Waals surface area contributed by atoms with Crippen molar-refractivity contribution in [2.75, 3.05) is 5.32 Å². The van der Waals surface area contributed by atoms with E-state index in [9.17, 15) is 4.79 Å². The Kier molecular flexibility index (Phi) is 4.60. The second kappa shape index (κ2) is 6.22. The quantitative estimate of drug-likeness (QED) is 0.922. The summed E-state index contributed by atoms with van der Waals surface area (Å²) in [5.74, 6) is -0.00706. The number of aryl methyl sites for hydroxylation is 2. The van der Waals surface area contributed by atoms with Gasteiger partial charge in [0.25, 0.3) is 0 Å². The number of hydrogen-bond acceptors (Lipinski definition) is 2. The number of hydrogen-bond donors (Lipinski definition) is 1. The predicted octanol–water partition coefficient (Wildman–Crippen LogP) is 3.85. The van der Waals surface area contributed by atoms with Crippen LogP contribution in [0.25, 0.3) is 0 Å². The molecule has 0 saturated carbocycles. The van der Waals surface area contributed by atoms with Crippen molar-refractivity contribution in [2.24, 2.45) is 0 Å². The lowest BCUT2D eigenvalue weighted by Gasteiger charge is -2.13. The number of carbonyl (C=O) groups excluding carboxylic acids is 1. The van der Waals surface area contributed by atoms with E-state index in [1.54, 1.807) is 0 Å². The highest BCUT2D eigenvalue weighted by molar-refractivity contribution is 9.10. The SMILES string of the molecule is Cc1ccn([C@H](C)CC(=O)Nc2ccc(Br)c(C)c2)n1. The summed E-state index contributed by atoms with van der Waals surface area (Å²) >= 11 is 3.44. The number of aromatic nitrogens is 2. The summed E-state index contributed by atoms with van der Waals surface area (Å²) in [5, 5.41) is 7.24. The Balaban J connectivity index is 1.96. The van der Waals surface area contributed by atoms with Crippen LogP contribution < -0.4 is 5.32 Å². The predicted molar refractivity (Wildman–Crippen MR) is 83.8 cm³/mol. The normalized spacial score (nSPS) is 12.2. The molecule has 1 amide bonds. The van der Waals surface area contributed by atoms with Gasteiger partial charge in [-0.15, -0.1) is 0 Å². The first-order chi connectivity index (χ1) is 9.45. The zero-order valence-electron chi connectivity index (χ0n) is 11.9. The van der Waals surface area contributed by atoms with Crippen LogP contribution in [0.5, 0.6) is 0 Å². The molecule has 1 aromatic heterocycles. The third kappa shape index (κ3) is 3.70. The molecule has 106 valence electrons. The van der Waals surface area contributed by atoms with Gasteiger partial charge in [-0.1, -0.05) is 15.9 Å². The topological polar surface area (TPSA) is 46.9 Å². The van der Waals surface area contributed by atoms with Crippen LogP contribution in [-0.2, 0) is 4.79 Å². The standard InChI is InChI=1S/C15H18BrN3O/c1-10-8-13(4-5-14(10)16)17-15(20)9-12(3)19-7-6-11(2)18-19/h4-8,12H,9H2,1-3H3,(H,17,20)/t12-/m1/s1. The zero-order chi connectivity index (χ0) is 14.7. The van der Waals surface area contributed by atoms with Crippen molar-refractivity contribution < 1.29 is 4.79 Å². The highest BCUT2D eigenvalue weighted by Crippen LogP contribution is 2.20. The smallest absolute Gasteiger partial charge is 0.226 e. The molecule has 0 aliphatic carbocycles. The molecule has 2 rings (SSSR count). The van der Waals surface area contributed by atoms with E-state index in [1.807, 2.05) is 55.9 Å². The van der Waals surface area contributed by atoms with Gasteiger partial charge in [0.05, 0.1) is 11.7 Å². The lowest BCUT2D eigenvalue weighted by molar-refractivity contribution is -0.116. The maximum Gasteiger partial charge on any atom is 0.226 e. The molecular weight excluding hydrogens is 318 g/mol. The summed E-state index contributed by atoms with van der Waals surface area (Å²) in [6.45, 7) is 5.92. The largest absolute Gasteiger partial charge is 0.326 e. The number of rotatable bonds is 4. The van der Waals surface area contributed by atoms with Crippen LogP contribution in [0.15, 0.2) is 34.9 Å². The van der Waals surface area contributed by atoms with Gasteiger partial charge in [0, 0.05) is 22.8 Å². The Morgan fingerprint density at radius 2 is 2.15 bits per heavy atom. The molecule has 0 fully saturated rings. The van der Waals surface area contributed by atoms with Crippen LogP contribution in [0.1, 0.15) is 30.6 Å². The summed E-state index contributed by atoms with van der Waals surface area (Å²) in [4.78, 5) is 12.0. The Hall–Kier alpha value is -1.62. The lowest BCUT2D eigenvalue weighted by Crippen LogP contribution is -2.18. The van der Waals surface area contributed by atoms with Gasteiger partial charge in [-0.25, -0.2) is 0 Å². The molecule has 0 aliphatic rings. The van der Waals surface area contributed by atoms with Gasteiger partial charge in [-0.2, -0.15) is 5.10 Å². The van der Waals surface area contributed by atoms with Gasteiger partial charge in [0.15, 0.2) is 0 Å². The summed E-state index contributed by atoms with van der Waals surface area (Å²) in [6.07, 6.45) is 2.30. The Morgan fingerprint density at radius 1 is 1.40 bits per heavy atom. The van der Waals surface area contributed by atoms with E-state index in [4.69, 9.17) is 0 Å². The summed E-state index contributed by atoms with van der Waals surface area (Å²) in [7, 11) is 0. The molecule has 0 aliphatic heterocycles. The molecule has 4 nitrogen and oxygen atoms in total. The second-order valence-electron chi connectivity index (χ2n) is 5.00. The van der Waals surface area contributed by atoms with E-state index in [0.29, 0.717) is 6.42 Å². The van der Waals surface area contributed by atoms with Gasteiger partial charge >= 0.3 is 0 Å². The molecule has 0 bridgehead atoms. The van der Waals surface area contributed by atoms with Crippen molar-refractivity contribution in [3.8, 4) is 0 Å². The molecule has 0 saturated heterocycles. The van der Waals surface area contributed by atoms with Gasteiger partial charge in [-0.3, -0.25) is 9.48 Å². The van der Waals surface area contributed by atoms with Crippen molar-refractivity contribution in [1.29, 1.82) is 0 Å². The first kappa shape index (κ1) is 14.8. The fourth-order valence-corrected chi connectivity index (χ4v) is 2.22. The molecule has 1 aromatic carbocycles. The molecule has 0 spiro atoms. The summed E-state index contributed by atoms with van der Waals surface area (Å²) < 4.78 is 2.86. The van der Waals surface area contributed by atoms with Crippen LogP contribution >= 0.6 is 15.9 Å². The third-order valence-corrected chi connectivity index (χ3v) is 4.01. The number of nitrogens with one attached hydrogen (secondary N) is 1. The average molecular weight is 336 g/mol. The Bertz CT molecular complexity index is 621. The van der Waals surface area contributed by atoms with Crippen molar-refractivity contribution in [2.45, 2.75) is 33.2 Å². The molecule has 1 heterocycles. The summed E-state index contributed by atoms with van der Waals surface area (Å²) in [6, 6.07) is 7.75. The molecule has 0 unspecified atom stereocenters. The molecular formula is C15H18BrN3O. The lowest BCUT2D eigenvalue weighted by atomic mass is 10.2. The minimum Gasteiger partial charge on any atom is -0.326 e.